The maximum absolute atomic E-state index is 11.8. The minimum absolute atomic E-state index is 0.0320. The number of hydrazine groups is 1. The van der Waals surface area contributed by atoms with Gasteiger partial charge in [-0.1, -0.05) is 0 Å². The molecule has 1 fully saturated rings. The SMILES string of the molecule is COC(=O)c1ccc(NC(=O)CCC2C(=O)NNC2=O)cc1. The fourth-order valence-electron chi connectivity index (χ4n) is 1.99. The summed E-state index contributed by atoms with van der Waals surface area (Å²) >= 11 is 0. The molecule has 2 rings (SSSR count). The van der Waals surface area contributed by atoms with Gasteiger partial charge in [0.15, 0.2) is 0 Å². The lowest BCUT2D eigenvalue weighted by atomic mass is 10.0. The van der Waals surface area contributed by atoms with Gasteiger partial charge in [0.05, 0.1) is 12.7 Å². The van der Waals surface area contributed by atoms with Gasteiger partial charge in [-0.25, -0.2) is 4.79 Å². The second kappa shape index (κ2) is 6.70. The number of amides is 3. The molecule has 8 nitrogen and oxygen atoms in total. The molecule has 1 saturated heterocycles. The van der Waals surface area contributed by atoms with E-state index in [1.54, 1.807) is 12.1 Å². The van der Waals surface area contributed by atoms with Gasteiger partial charge in [0.1, 0.15) is 5.92 Å². The molecule has 0 atom stereocenters. The number of hydrogen-bond donors (Lipinski definition) is 3. The van der Waals surface area contributed by atoms with Crippen LogP contribution in [0.5, 0.6) is 0 Å². The van der Waals surface area contributed by atoms with E-state index in [-0.39, 0.29) is 18.7 Å². The van der Waals surface area contributed by atoms with Crippen molar-refractivity contribution in [1.29, 1.82) is 0 Å². The molecule has 0 bridgehead atoms. The van der Waals surface area contributed by atoms with Crippen LogP contribution in [0.1, 0.15) is 23.2 Å². The van der Waals surface area contributed by atoms with E-state index in [4.69, 9.17) is 0 Å². The Kier molecular flexibility index (Phi) is 4.72. The molecule has 0 saturated carbocycles. The maximum atomic E-state index is 11.8. The summed E-state index contributed by atoms with van der Waals surface area (Å²) in [6, 6.07) is 6.19. The third-order valence-corrected chi connectivity index (χ3v) is 3.19. The third kappa shape index (κ3) is 3.60. The molecule has 1 aliphatic rings. The molecular formula is C14H15N3O5. The highest BCUT2D eigenvalue weighted by Gasteiger charge is 2.32. The molecule has 0 radical (unpaired) electrons. The molecule has 22 heavy (non-hydrogen) atoms. The minimum Gasteiger partial charge on any atom is -0.465 e. The lowest BCUT2D eigenvalue weighted by Crippen LogP contribution is -2.28. The zero-order chi connectivity index (χ0) is 16.1. The maximum Gasteiger partial charge on any atom is 0.337 e. The van der Waals surface area contributed by atoms with E-state index in [1.165, 1.54) is 19.2 Å². The summed E-state index contributed by atoms with van der Waals surface area (Å²) < 4.78 is 4.57. The van der Waals surface area contributed by atoms with Crippen molar-refractivity contribution < 1.29 is 23.9 Å². The Labute approximate surface area is 126 Å². The van der Waals surface area contributed by atoms with Crippen molar-refractivity contribution in [3.8, 4) is 0 Å². The number of benzene rings is 1. The number of nitrogens with one attached hydrogen (secondary N) is 3. The largest absolute Gasteiger partial charge is 0.465 e. The number of hydrogen-bond acceptors (Lipinski definition) is 5. The molecule has 3 N–H and O–H groups in total. The van der Waals surface area contributed by atoms with Crippen LogP contribution in [0.2, 0.25) is 0 Å². The van der Waals surface area contributed by atoms with Crippen molar-refractivity contribution >= 4 is 29.4 Å². The number of anilines is 1. The van der Waals surface area contributed by atoms with Crippen molar-refractivity contribution in [3.05, 3.63) is 29.8 Å². The zero-order valence-electron chi connectivity index (χ0n) is 11.8. The van der Waals surface area contributed by atoms with Crippen LogP contribution in [0.4, 0.5) is 5.69 Å². The topological polar surface area (TPSA) is 114 Å². The van der Waals surface area contributed by atoms with Crippen LogP contribution in [-0.4, -0.2) is 30.8 Å². The van der Waals surface area contributed by atoms with Crippen molar-refractivity contribution in [2.24, 2.45) is 5.92 Å². The van der Waals surface area contributed by atoms with E-state index >= 15 is 0 Å². The van der Waals surface area contributed by atoms with E-state index in [0.717, 1.165) is 0 Å². The van der Waals surface area contributed by atoms with Gasteiger partial charge in [-0.3, -0.25) is 25.2 Å². The highest BCUT2D eigenvalue weighted by atomic mass is 16.5. The molecule has 0 spiro atoms. The Bertz CT molecular complexity index is 595. The molecule has 0 unspecified atom stereocenters. The first-order valence-corrected chi connectivity index (χ1v) is 6.59. The smallest absolute Gasteiger partial charge is 0.337 e. The van der Waals surface area contributed by atoms with Crippen molar-refractivity contribution in [2.45, 2.75) is 12.8 Å². The fraction of sp³-hybridized carbons (Fsp3) is 0.286. The monoisotopic (exact) mass is 305 g/mol. The lowest BCUT2D eigenvalue weighted by molar-refractivity contribution is -0.128. The predicted molar refractivity (Wildman–Crippen MR) is 75.4 cm³/mol. The molecule has 3 amide bonds. The van der Waals surface area contributed by atoms with Gasteiger partial charge >= 0.3 is 5.97 Å². The van der Waals surface area contributed by atoms with Crippen molar-refractivity contribution in [1.82, 2.24) is 10.9 Å². The van der Waals surface area contributed by atoms with Gasteiger partial charge in [-0.2, -0.15) is 0 Å². The van der Waals surface area contributed by atoms with Crippen molar-refractivity contribution in [3.63, 3.8) is 0 Å². The van der Waals surface area contributed by atoms with E-state index in [0.29, 0.717) is 11.3 Å². The molecular weight excluding hydrogens is 290 g/mol. The molecule has 8 heteroatoms. The first-order valence-electron chi connectivity index (χ1n) is 6.59. The summed E-state index contributed by atoms with van der Waals surface area (Å²) in [5.41, 5.74) is 5.29. The van der Waals surface area contributed by atoms with Gasteiger partial charge < -0.3 is 10.1 Å². The summed E-state index contributed by atoms with van der Waals surface area (Å²) in [6.45, 7) is 0. The van der Waals surface area contributed by atoms with Gasteiger partial charge in [0.25, 0.3) is 11.8 Å². The van der Waals surface area contributed by atoms with E-state index in [9.17, 15) is 19.2 Å². The first kappa shape index (κ1) is 15.5. The van der Waals surface area contributed by atoms with Crippen LogP contribution in [0.3, 0.4) is 0 Å². The normalized spacial score (nSPS) is 14.2. The summed E-state index contributed by atoms with van der Waals surface area (Å²) in [7, 11) is 1.29. The summed E-state index contributed by atoms with van der Waals surface area (Å²) in [5, 5.41) is 2.63. The molecule has 1 aliphatic heterocycles. The van der Waals surface area contributed by atoms with E-state index < -0.39 is 23.7 Å². The second-order valence-electron chi connectivity index (χ2n) is 4.69. The van der Waals surface area contributed by atoms with Crippen molar-refractivity contribution in [2.75, 3.05) is 12.4 Å². The number of ether oxygens (including phenoxy) is 1. The Balaban J connectivity index is 1.85. The molecule has 1 aromatic rings. The Morgan fingerprint density at radius 2 is 1.73 bits per heavy atom. The molecule has 1 aromatic carbocycles. The van der Waals surface area contributed by atoms with E-state index in [1.807, 2.05) is 0 Å². The molecule has 116 valence electrons. The summed E-state index contributed by atoms with van der Waals surface area (Å²) in [6.07, 6.45) is 0.161. The molecule has 0 aromatic heterocycles. The number of methoxy groups -OCH3 is 1. The van der Waals surface area contributed by atoms with Crippen LogP contribution >= 0.6 is 0 Å². The summed E-state index contributed by atoms with van der Waals surface area (Å²) in [5.74, 6) is -2.48. The van der Waals surface area contributed by atoms with Crippen LogP contribution in [0.15, 0.2) is 24.3 Å². The lowest BCUT2D eigenvalue weighted by Gasteiger charge is -2.07. The highest BCUT2D eigenvalue weighted by molar-refractivity contribution is 6.05. The quantitative estimate of drug-likeness (QED) is 0.522. The average Bonchev–Trinajstić information content (AvgIpc) is 2.84. The molecule has 0 aliphatic carbocycles. The van der Waals surface area contributed by atoms with Gasteiger partial charge in [0, 0.05) is 12.1 Å². The van der Waals surface area contributed by atoms with Crippen LogP contribution in [0, 0.1) is 5.92 Å². The third-order valence-electron chi connectivity index (χ3n) is 3.19. The van der Waals surface area contributed by atoms with Crippen LogP contribution in [0.25, 0.3) is 0 Å². The van der Waals surface area contributed by atoms with Crippen LogP contribution in [-0.2, 0) is 19.1 Å². The van der Waals surface area contributed by atoms with Gasteiger partial charge in [-0.05, 0) is 30.7 Å². The Morgan fingerprint density at radius 1 is 1.14 bits per heavy atom. The van der Waals surface area contributed by atoms with Crippen LogP contribution < -0.4 is 16.2 Å². The highest BCUT2D eigenvalue weighted by Crippen LogP contribution is 2.14. The Hall–Kier alpha value is -2.90. The van der Waals surface area contributed by atoms with Gasteiger partial charge in [-0.15, -0.1) is 0 Å². The number of rotatable bonds is 5. The standard InChI is InChI=1S/C14H15N3O5/c1-22-14(21)8-2-4-9(5-3-8)15-11(18)7-6-10-12(19)16-17-13(10)20/h2-5,10H,6-7H2,1H3,(H,15,18)(H,16,19)(H,17,20). The first-order chi connectivity index (χ1) is 10.5. The summed E-state index contributed by atoms with van der Waals surface area (Å²) in [4.78, 5) is 45.7. The minimum atomic E-state index is -0.840. The number of esters is 1. The molecule has 1 heterocycles. The zero-order valence-corrected chi connectivity index (χ0v) is 11.8. The average molecular weight is 305 g/mol. The number of carbonyl (C=O) groups is 4. The van der Waals surface area contributed by atoms with E-state index in [2.05, 4.69) is 20.9 Å². The second-order valence-corrected chi connectivity index (χ2v) is 4.69. The van der Waals surface area contributed by atoms with Gasteiger partial charge in [0.2, 0.25) is 5.91 Å². The predicted octanol–water partition coefficient (Wildman–Crippen LogP) is -0.0309. The fourth-order valence-corrected chi connectivity index (χ4v) is 1.99. The Morgan fingerprint density at radius 3 is 2.27 bits per heavy atom. The number of carbonyl (C=O) groups excluding carboxylic acids is 4.